The lowest BCUT2D eigenvalue weighted by atomic mass is 10.1. The van der Waals surface area contributed by atoms with Crippen LogP contribution < -0.4 is 0 Å². The second-order valence-electron chi connectivity index (χ2n) is 3.85. The number of furan rings is 1. The van der Waals surface area contributed by atoms with Crippen LogP contribution in [0.4, 0.5) is 0 Å². The van der Waals surface area contributed by atoms with Crippen molar-refractivity contribution in [3.8, 4) is 11.3 Å². The molecule has 0 bridgehead atoms. The number of hydrogen-bond donors (Lipinski definition) is 0. The molecule has 3 nitrogen and oxygen atoms in total. The van der Waals surface area contributed by atoms with Crippen LogP contribution in [0.15, 0.2) is 40.8 Å². The molecule has 1 aromatic carbocycles. The van der Waals surface area contributed by atoms with Crippen LogP contribution in [0.25, 0.3) is 17.4 Å². The first kappa shape index (κ1) is 12.2. The molecule has 0 aliphatic heterocycles. The maximum Gasteiger partial charge on any atom is 0.302 e. The van der Waals surface area contributed by atoms with Gasteiger partial charge in [-0.3, -0.25) is 4.79 Å². The molecule has 0 aliphatic carbocycles. The highest BCUT2D eigenvalue weighted by atomic mass is 16.5. The van der Waals surface area contributed by atoms with E-state index in [4.69, 9.17) is 15.7 Å². The Hall–Kier alpha value is -2.29. The van der Waals surface area contributed by atoms with E-state index in [0.717, 1.165) is 16.9 Å². The molecule has 3 heteroatoms. The van der Waals surface area contributed by atoms with Gasteiger partial charge in [0.05, 0.1) is 0 Å². The summed E-state index contributed by atoms with van der Waals surface area (Å²) in [6.45, 7) is 7.04. The van der Waals surface area contributed by atoms with E-state index >= 15 is 0 Å². The Balaban J connectivity index is 2.11. The molecule has 91 valence electrons. The lowest BCUT2D eigenvalue weighted by molar-refractivity contribution is -0.142. The van der Waals surface area contributed by atoms with Gasteiger partial charge in [-0.15, -0.1) is 0 Å². The van der Waals surface area contributed by atoms with Crippen molar-refractivity contribution in [2.24, 2.45) is 0 Å². The Labute approximate surface area is 106 Å². The average Bonchev–Trinajstić information content (AvgIpc) is 2.85. The summed E-state index contributed by atoms with van der Waals surface area (Å²) < 4.78 is 10.4. The van der Waals surface area contributed by atoms with Crippen molar-refractivity contribution < 1.29 is 13.9 Å². The zero-order valence-electron chi connectivity index (χ0n) is 10.1. The standard InChI is InChI=1S/C15H13O3/c1-3-14-8-9-15(18-14)13-6-4-12(5-7-13)10-17-11(2)16/h1,3-9H,10H2,2H3. The normalized spacial score (nSPS) is 10.1. The first-order valence-electron chi connectivity index (χ1n) is 5.56. The summed E-state index contributed by atoms with van der Waals surface area (Å²) in [6, 6.07) is 11.3. The fourth-order valence-corrected chi connectivity index (χ4v) is 1.55. The van der Waals surface area contributed by atoms with E-state index in [1.807, 2.05) is 36.4 Å². The summed E-state index contributed by atoms with van der Waals surface area (Å²) in [5.41, 5.74) is 1.89. The molecule has 0 amide bonds. The third-order valence-corrected chi connectivity index (χ3v) is 2.47. The van der Waals surface area contributed by atoms with E-state index in [0.29, 0.717) is 5.76 Å². The van der Waals surface area contributed by atoms with Gasteiger partial charge in [-0.1, -0.05) is 30.8 Å². The Morgan fingerprint density at radius 2 is 2.00 bits per heavy atom. The second kappa shape index (κ2) is 5.36. The highest BCUT2D eigenvalue weighted by Gasteiger charge is 2.03. The predicted octanol–water partition coefficient (Wildman–Crippen LogP) is 3.46. The fraction of sp³-hybridized carbons (Fsp3) is 0.133. The molecular formula is C15H13O3. The Morgan fingerprint density at radius 1 is 1.28 bits per heavy atom. The van der Waals surface area contributed by atoms with Crippen molar-refractivity contribution in [2.45, 2.75) is 13.5 Å². The van der Waals surface area contributed by atoms with E-state index in [9.17, 15) is 4.79 Å². The molecule has 2 aromatic rings. The fourth-order valence-electron chi connectivity index (χ4n) is 1.55. The smallest absolute Gasteiger partial charge is 0.302 e. The summed E-state index contributed by atoms with van der Waals surface area (Å²) in [6.07, 6.45) is 1.42. The lowest BCUT2D eigenvalue weighted by Crippen LogP contribution is -1.98. The molecule has 0 aliphatic rings. The Morgan fingerprint density at radius 3 is 2.56 bits per heavy atom. The van der Waals surface area contributed by atoms with Gasteiger partial charge in [0.15, 0.2) is 0 Å². The first-order chi connectivity index (χ1) is 8.69. The molecule has 18 heavy (non-hydrogen) atoms. The number of ether oxygens (including phenoxy) is 1. The third kappa shape index (κ3) is 2.88. The zero-order chi connectivity index (χ0) is 13.0. The van der Waals surface area contributed by atoms with Gasteiger partial charge < -0.3 is 9.15 Å². The van der Waals surface area contributed by atoms with Gasteiger partial charge in [0.1, 0.15) is 18.1 Å². The van der Waals surface area contributed by atoms with Crippen LogP contribution in [-0.4, -0.2) is 5.97 Å². The molecule has 1 radical (unpaired) electrons. The number of carbonyl (C=O) groups is 1. The maximum absolute atomic E-state index is 10.7. The van der Waals surface area contributed by atoms with Gasteiger partial charge in [0.25, 0.3) is 0 Å². The molecule has 0 N–H and O–H groups in total. The van der Waals surface area contributed by atoms with Crippen molar-refractivity contribution in [3.05, 3.63) is 54.3 Å². The molecule has 0 saturated heterocycles. The van der Waals surface area contributed by atoms with Gasteiger partial charge in [-0.25, -0.2) is 0 Å². The Bertz CT molecular complexity index is 549. The van der Waals surface area contributed by atoms with E-state index < -0.39 is 0 Å². The van der Waals surface area contributed by atoms with Crippen molar-refractivity contribution >= 4 is 12.0 Å². The quantitative estimate of drug-likeness (QED) is 0.769. The molecule has 0 atom stereocenters. The van der Waals surface area contributed by atoms with Gasteiger partial charge in [0, 0.05) is 12.5 Å². The topological polar surface area (TPSA) is 39.4 Å². The minimum atomic E-state index is -0.284. The summed E-state index contributed by atoms with van der Waals surface area (Å²) in [7, 11) is 0. The first-order valence-corrected chi connectivity index (χ1v) is 5.56. The number of rotatable bonds is 4. The molecule has 1 heterocycles. The predicted molar refractivity (Wildman–Crippen MR) is 68.4 cm³/mol. The van der Waals surface area contributed by atoms with E-state index in [2.05, 4.69) is 0 Å². The SMILES string of the molecule is [CH]=Cc1ccc(-c2ccc(COC(C)=O)cc2)o1. The molecule has 0 saturated carbocycles. The van der Waals surface area contributed by atoms with Crippen LogP contribution in [0.1, 0.15) is 18.2 Å². The van der Waals surface area contributed by atoms with Crippen LogP contribution in [-0.2, 0) is 16.1 Å². The lowest BCUT2D eigenvalue weighted by Gasteiger charge is -2.03. The maximum atomic E-state index is 10.7. The van der Waals surface area contributed by atoms with Crippen LogP contribution in [0.5, 0.6) is 0 Å². The van der Waals surface area contributed by atoms with Gasteiger partial charge in [-0.05, 0) is 23.8 Å². The number of carbonyl (C=O) groups excluding carboxylic acids is 1. The van der Waals surface area contributed by atoms with E-state index in [1.54, 1.807) is 0 Å². The van der Waals surface area contributed by atoms with Gasteiger partial charge >= 0.3 is 5.97 Å². The van der Waals surface area contributed by atoms with E-state index in [-0.39, 0.29) is 12.6 Å². The minimum Gasteiger partial charge on any atom is -0.461 e. The van der Waals surface area contributed by atoms with Crippen LogP contribution >= 0.6 is 0 Å². The van der Waals surface area contributed by atoms with Crippen molar-refractivity contribution in [1.29, 1.82) is 0 Å². The molecule has 1 aromatic heterocycles. The zero-order valence-corrected chi connectivity index (χ0v) is 10.1. The average molecular weight is 241 g/mol. The van der Waals surface area contributed by atoms with E-state index in [1.165, 1.54) is 13.0 Å². The van der Waals surface area contributed by atoms with Crippen molar-refractivity contribution in [2.75, 3.05) is 0 Å². The van der Waals surface area contributed by atoms with Crippen LogP contribution in [0, 0.1) is 6.58 Å². The van der Waals surface area contributed by atoms with Crippen molar-refractivity contribution in [3.63, 3.8) is 0 Å². The summed E-state index contributed by atoms with van der Waals surface area (Å²) >= 11 is 0. The summed E-state index contributed by atoms with van der Waals surface area (Å²) in [5.74, 6) is 1.10. The third-order valence-electron chi connectivity index (χ3n) is 2.47. The minimum absolute atomic E-state index is 0.284. The number of hydrogen-bond acceptors (Lipinski definition) is 3. The molecule has 0 fully saturated rings. The molecular weight excluding hydrogens is 228 g/mol. The highest BCUT2D eigenvalue weighted by Crippen LogP contribution is 2.23. The van der Waals surface area contributed by atoms with Gasteiger partial charge in [0.2, 0.25) is 0 Å². The second-order valence-corrected chi connectivity index (χ2v) is 3.85. The number of benzene rings is 1. The van der Waals surface area contributed by atoms with Gasteiger partial charge in [-0.2, -0.15) is 0 Å². The Kier molecular flexibility index (Phi) is 3.63. The molecule has 0 spiro atoms. The largest absolute Gasteiger partial charge is 0.461 e. The highest BCUT2D eigenvalue weighted by molar-refractivity contribution is 5.66. The molecule has 0 unspecified atom stereocenters. The summed E-state index contributed by atoms with van der Waals surface area (Å²) in [5, 5.41) is 0. The number of esters is 1. The monoisotopic (exact) mass is 241 g/mol. The van der Waals surface area contributed by atoms with Crippen molar-refractivity contribution in [1.82, 2.24) is 0 Å². The summed E-state index contributed by atoms with van der Waals surface area (Å²) in [4.78, 5) is 10.7. The molecule has 2 rings (SSSR count). The van der Waals surface area contributed by atoms with Crippen LogP contribution in [0.3, 0.4) is 0 Å². The van der Waals surface area contributed by atoms with Crippen LogP contribution in [0.2, 0.25) is 0 Å².